The van der Waals surface area contributed by atoms with Crippen molar-refractivity contribution in [3.8, 4) is 17.0 Å². The number of hydrogen-bond donors (Lipinski definition) is 2. The van der Waals surface area contributed by atoms with E-state index in [9.17, 15) is 9.59 Å². The van der Waals surface area contributed by atoms with E-state index in [0.29, 0.717) is 11.6 Å². The summed E-state index contributed by atoms with van der Waals surface area (Å²) in [5, 5.41) is 6.26. The van der Waals surface area contributed by atoms with E-state index in [1.165, 1.54) is 11.3 Å². The first-order valence-electron chi connectivity index (χ1n) is 10.3. The van der Waals surface area contributed by atoms with E-state index in [0.717, 1.165) is 33.9 Å². The molecular weight excluding hydrogens is 410 g/mol. The Labute approximate surface area is 186 Å². The number of nitrogens with one attached hydrogen (secondary N) is 2. The van der Waals surface area contributed by atoms with E-state index in [1.54, 1.807) is 7.11 Å². The first-order valence-corrected chi connectivity index (χ1v) is 11.1. The van der Waals surface area contributed by atoms with Crippen molar-refractivity contribution in [1.82, 2.24) is 10.3 Å². The molecule has 2 N–H and O–H groups in total. The molecule has 0 saturated carbocycles. The predicted molar refractivity (Wildman–Crippen MR) is 124 cm³/mol. The molecule has 1 atom stereocenters. The maximum Gasteiger partial charge on any atom is 0.248 e. The summed E-state index contributed by atoms with van der Waals surface area (Å²) in [6.45, 7) is 3.96. The standard InChI is InChI=1S/C24H27N3O3S/c1-4-8-20(25-21(28)15-17-9-6-5-7-10-17)23(29)27-24-26-22(16(2)31-24)18-11-13-19(30-3)14-12-18/h5-7,9-14,20H,4,8,15H2,1-3H3,(H,25,28)(H,26,27,29). The highest BCUT2D eigenvalue weighted by molar-refractivity contribution is 7.16. The average molecular weight is 438 g/mol. The Kier molecular flexibility index (Phi) is 7.78. The summed E-state index contributed by atoms with van der Waals surface area (Å²) in [5.74, 6) is 0.353. The van der Waals surface area contributed by atoms with Crippen LogP contribution in [0.3, 0.4) is 0 Å². The number of carbonyl (C=O) groups excluding carboxylic acids is 2. The van der Waals surface area contributed by atoms with Crippen molar-refractivity contribution in [3.05, 3.63) is 65.0 Å². The fraction of sp³-hybridized carbons (Fsp3) is 0.292. The first-order chi connectivity index (χ1) is 15.0. The van der Waals surface area contributed by atoms with E-state index >= 15 is 0 Å². The Hall–Kier alpha value is -3.19. The normalized spacial score (nSPS) is 11.6. The lowest BCUT2D eigenvalue weighted by atomic mass is 10.1. The summed E-state index contributed by atoms with van der Waals surface area (Å²) >= 11 is 1.42. The third kappa shape index (κ3) is 6.15. The molecule has 2 aromatic carbocycles. The second-order valence-electron chi connectivity index (χ2n) is 7.21. The largest absolute Gasteiger partial charge is 0.497 e. The number of hydrogen-bond acceptors (Lipinski definition) is 5. The number of rotatable bonds is 9. The van der Waals surface area contributed by atoms with Crippen molar-refractivity contribution in [2.45, 2.75) is 39.2 Å². The molecule has 3 aromatic rings. The first kappa shape index (κ1) is 22.5. The quantitative estimate of drug-likeness (QED) is 0.513. The van der Waals surface area contributed by atoms with Crippen molar-refractivity contribution in [2.24, 2.45) is 0 Å². The Balaban J connectivity index is 1.66. The van der Waals surface area contributed by atoms with Crippen molar-refractivity contribution in [3.63, 3.8) is 0 Å². The van der Waals surface area contributed by atoms with Crippen LogP contribution in [0.5, 0.6) is 5.75 Å². The third-order valence-electron chi connectivity index (χ3n) is 4.83. The number of amides is 2. The van der Waals surface area contributed by atoms with Gasteiger partial charge in [0.2, 0.25) is 11.8 Å². The van der Waals surface area contributed by atoms with Gasteiger partial charge in [-0.25, -0.2) is 4.98 Å². The monoisotopic (exact) mass is 437 g/mol. The average Bonchev–Trinajstić information content (AvgIpc) is 3.14. The molecule has 0 aliphatic carbocycles. The van der Waals surface area contributed by atoms with Crippen LogP contribution in [0.4, 0.5) is 5.13 Å². The number of aryl methyl sites for hydroxylation is 1. The van der Waals surface area contributed by atoms with Gasteiger partial charge in [0.15, 0.2) is 5.13 Å². The van der Waals surface area contributed by atoms with Crippen LogP contribution in [0.1, 0.15) is 30.2 Å². The van der Waals surface area contributed by atoms with Crippen molar-refractivity contribution in [2.75, 3.05) is 12.4 Å². The molecule has 0 spiro atoms. The van der Waals surface area contributed by atoms with Crippen LogP contribution < -0.4 is 15.4 Å². The fourth-order valence-corrected chi connectivity index (χ4v) is 4.08. The number of aromatic nitrogens is 1. The van der Waals surface area contributed by atoms with Gasteiger partial charge < -0.3 is 15.4 Å². The zero-order valence-electron chi connectivity index (χ0n) is 18.0. The van der Waals surface area contributed by atoms with E-state index in [-0.39, 0.29) is 18.2 Å². The third-order valence-corrected chi connectivity index (χ3v) is 5.71. The van der Waals surface area contributed by atoms with E-state index in [4.69, 9.17) is 4.74 Å². The van der Waals surface area contributed by atoms with E-state index < -0.39 is 6.04 Å². The molecule has 0 fully saturated rings. The molecule has 0 radical (unpaired) electrons. The van der Waals surface area contributed by atoms with Crippen LogP contribution in [0, 0.1) is 6.92 Å². The minimum atomic E-state index is -0.602. The highest BCUT2D eigenvalue weighted by Gasteiger charge is 2.22. The summed E-state index contributed by atoms with van der Waals surface area (Å²) in [5.41, 5.74) is 2.69. The van der Waals surface area contributed by atoms with Gasteiger partial charge in [0.05, 0.1) is 19.2 Å². The molecule has 7 heteroatoms. The van der Waals surface area contributed by atoms with Gasteiger partial charge in [-0.2, -0.15) is 0 Å². The SMILES string of the molecule is CCCC(NC(=O)Cc1ccccc1)C(=O)Nc1nc(-c2ccc(OC)cc2)c(C)s1. The Morgan fingerprint density at radius 1 is 1.10 bits per heavy atom. The van der Waals surface area contributed by atoms with Gasteiger partial charge in [0.1, 0.15) is 11.8 Å². The maximum absolute atomic E-state index is 12.9. The molecule has 3 rings (SSSR count). The van der Waals surface area contributed by atoms with Gasteiger partial charge in [-0.3, -0.25) is 9.59 Å². The molecule has 2 amide bonds. The van der Waals surface area contributed by atoms with Crippen LogP contribution >= 0.6 is 11.3 Å². The summed E-state index contributed by atoms with van der Waals surface area (Å²) in [6.07, 6.45) is 1.58. The summed E-state index contributed by atoms with van der Waals surface area (Å²) in [4.78, 5) is 30.9. The van der Waals surface area contributed by atoms with Gasteiger partial charge in [-0.1, -0.05) is 43.7 Å². The molecule has 0 bridgehead atoms. The zero-order chi connectivity index (χ0) is 22.2. The van der Waals surface area contributed by atoms with Crippen LogP contribution in [-0.4, -0.2) is 29.9 Å². The Morgan fingerprint density at radius 2 is 1.81 bits per heavy atom. The van der Waals surface area contributed by atoms with Gasteiger partial charge in [0, 0.05) is 10.4 Å². The second-order valence-corrected chi connectivity index (χ2v) is 8.42. The molecule has 6 nitrogen and oxygen atoms in total. The van der Waals surface area contributed by atoms with Crippen LogP contribution in [0.25, 0.3) is 11.3 Å². The molecule has 0 aliphatic rings. The number of methoxy groups -OCH3 is 1. The lowest BCUT2D eigenvalue weighted by Crippen LogP contribution is -2.44. The number of carbonyl (C=O) groups is 2. The van der Waals surface area contributed by atoms with Crippen molar-refractivity contribution < 1.29 is 14.3 Å². The molecule has 1 unspecified atom stereocenters. The number of ether oxygens (including phenoxy) is 1. The molecular formula is C24H27N3O3S. The molecule has 0 aliphatic heterocycles. The van der Waals surface area contributed by atoms with Crippen LogP contribution in [-0.2, 0) is 16.0 Å². The lowest BCUT2D eigenvalue weighted by molar-refractivity contribution is -0.126. The van der Waals surface area contributed by atoms with Gasteiger partial charge >= 0.3 is 0 Å². The molecule has 0 saturated heterocycles. The van der Waals surface area contributed by atoms with E-state index in [2.05, 4.69) is 15.6 Å². The highest BCUT2D eigenvalue weighted by Crippen LogP contribution is 2.31. The summed E-state index contributed by atoms with van der Waals surface area (Å²) in [7, 11) is 1.63. The Morgan fingerprint density at radius 3 is 2.45 bits per heavy atom. The predicted octanol–water partition coefficient (Wildman–Crippen LogP) is 4.59. The van der Waals surface area contributed by atoms with Crippen molar-refractivity contribution in [1.29, 1.82) is 0 Å². The topological polar surface area (TPSA) is 80.3 Å². The van der Waals surface area contributed by atoms with Gasteiger partial charge in [-0.15, -0.1) is 11.3 Å². The summed E-state index contributed by atoms with van der Waals surface area (Å²) < 4.78 is 5.20. The maximum atomic E-state index is 12.9. The number of nitrogens with zero attached hydrogens (tertiary/aromatic N) is 1. The molecule has 1 aromatic heterocycles. The second kappa shape index (κ2) is 10.7. The summed E-state index contributed by atoms with van der Waals surface area (Å²) in [6, 6.07) is 16.5. The smallest absolute Gasteiger partial charge is 0.248 e. The minimum absolute atomic E-state index is 0.172. The Bertz CT molecular complexity index is 1020. The fourth-order valence-electron chi connectivity index (χ4n) is 3.24. The molecule has 1 heterocycles. The van der Waals surface area contributed by atoms with Crippen LogP contribution in [0.2, 0.25) is 0 Å². The van der Waals surface area contributed by atoms with Crippen molar-refractivity contribution >= 4 is 28.3 Å². The minimum Gasteiger partial charge on any atom is -0.497 e. The molecule has 31 heavy (non-hydrogen) atoms. The number of thiazole rings is 1. The highest BCUT2D eigenvalue weighted by atomic mass is 32.1. The van der Waals surface area contributed by atoms with Crippen LogP contribution in [0.15, 0.2) is 54.6 Å². The zero-order valence-corrected chi connectivity index (χ0v) is 18.8. The lowest BCUT2D eigenvalue weighted by Gasteiger charge is -2.17. The number of benzene rings is 2. The van der Waals surface area contributed by atoms with E-state index in [1.807, 2.05) is 68.4 Å². The number of anilines is 1. The van der Waals surface area contributed by atoms with Gasteiger partial charge in [-0.05, 0) is 43.2 Å². The molecule has 162 valence electrons. The van der Waals surface area contributed by atoms with Gasteiger partial charge in [0.25, 0.3) is 0 Å².